The zero-order valence-corrected chi connectivity index (χ0v) is 13.4. The number of thioether (sulfide) groups is 1. The van der Waals surface area contributed by atoms with Crippen LogP contribution >= 0.6 is 11.8 Å². The molecular weight excluding hydrogens is 310 g/mol. The minimum absolute atomic E-state index is 0.0320. The monoisotopic (exact) mass is 327 g/mol. The first kappa shape index (κ1) is 15.6. The summed E-state index contributed by atoms with van der Waals surface area (Å²) < 4.78 is 5.26. The first-order chi connectivity index (χ1) is 11.2. The molecule has 1 aliphatic rings. The van der Waals surface area contributed by atoms with E-state index in [4.69, 9.17) is 4.74 Å². The van der Waals surface area contributed by atoms with Gasteiger partial charge in [-0.2, -0.15) is 0 Å². The Balaban J connectivity index is 1.55. The number of carbonyl (C=O) groups excluding carboxylic acids is 2. The Morgan fingerprint density at radius 3 is 2.65 bits per heavy atom. The van der Waals surface area contributed by atoms with Crippen molar-refractivity contribution in [3.63, 3.8) is 0 Å². The standard InChI is InChI=1S/C18H17NO3S/c20-17-13-23-16-9-5-4-8-15(16)19(17)11-10-18(21)22-12-14-6-2-1-3-7-14/h1-9H,10-13H2. The number of carbonyl (C=O) groups is 2. The first-order valence-electron chi connectivity index (χ1n) is 7.46. The number of nitrogens with zero attached hydrogens (tertiary/aromatic N) is 1. The van der Waals surface area contributed by atoms with Crippen molar-refractivity contribution in [1.29, 1.82) is 0 Å². The van der Waals surface area contributed by atoms with Crippen molar-refractivity contribution < 1.29 is 14.3 Å². The predicted molar refractivity (Wildman–Crippen MR) is 90.4 cm³/mol. The van der Waals surface area contributed by atoms with E-state index in [0.717, 1.165) is 16.1 Å². The fourth-order valence-electron chi connectivity index (χ4n) is 2.41. The van der Waals surface area contributed by atoms with Crippen LogP contribution in [0.15, 0.2) is 59.5 Å². The second kappa shape index (κ2) is 7.33. The van der Waals surface area contributed by atoms with E-state index in [1.807, 2.05) is 54.6 Å². The van der Waals surface area contributed by atoms with Crippen LogP contribution in [0.2, 0.25) is 0 Å². The lowest BCUT2D eigenvalue weighted by Gasteiger charge is -2.28. The summed E-state index contributed by atoms with van der Waals surface area (Å²) in [6, 6.07) is 17.3. The van der Waals surface area contributed by atoms with Gasteiger partial charge in [-0.05, 0) is 17.7 Å². The molecule has 0 saturated heterocycles. The minimum atomic E-state index is -0.294. The van der Waals surface area contributed by atoms with Gasteiger partial charge in [0.1, 0.15) is 6.61 Å². The predicted octanol–water partition coefficient (Wildman–Crippen LogP) is 3.26. The Morgan fingerprint density at radius 2 is 1.83 bits per heavy atom. The van der Waals surface area contributed by atoms with Gasteiger partial charge < -0.3 is 9.64 Å². The molecule has 0 aromatic heterocycles. The average Bonchev–Trinajstić information content (AvgIpc) is 2.60. The molecule has 1 amide bonds. The maximum absolute atomic E-state index is 12.1. The number of anilines is 1. The van der Waals surface area contributed by atoms with Crippen LogP contribution in [0, 0.1) is 0 Å². The van der Waals surface area contributed by atoms with Gasteiger partial charge in [0, 0.05) is 11.4 Å². The van der Waals surface area contributed by atoms with Crippen LogP contribution in [-0.4, -0.2) is 24.2 Å². The van der Waals surface area contributed by atoms with Crippen molar-refractivity contribution in [2.24, 2.45) is 0 Å². The maximum Gasteiger partial charge on any atom is 0.307 e. The van der Waals surface area contributed by atoms with Gasteiger partial charge in [-0.25, -0.2) is 0 Å². The number of ether oxygens (including phenoxy) is 1. The van der Waals surface area contributed by atoms with Crippen LogP contribution < -0.4 is 4.90 Å². The fraction of sp³-hybridized carbons (Fsp3) is 0.222. The smallest absolute Gasteiger partial charge is 0.307 e. The molecular formula is C18H17NO3S. The molecule has 2 aromatic rings. The molecule has 1 aliphatic heterocycles. The van der Waals surface area contributed by atoms with E-state index in [-0.39, 0.29) is 24.9 Å². The second-order valence-corrected chi connectivity index (χ2v) is 6.22. The Kier molecular flexibility index (Phi) is 4.98. The largest absolute Gasteiger partial charge is 0.461 e. The van der Waals surface area contributed by atoms with E-state index >= 15 is 0 Å². The topological polar surface area (TPSA) is 46.6 Å². The minimum Gasteiger partial charge on any atom is -0.461 e. The Morgan fingerprint density at radius 1 is 1.09 bits per heavy atom. The molecule has 3 rings (SSSR count). The molecule has 0 radical (unpaired) electrons. The van der Waals surface area contributed by atoms with Crippen LogP contribution in [0.1, 0.15) is 12.0 Å². The molecule has 0 N–H and O–H groups in total. The molecule has 0 aliphatic carbocycles. The molecule has 0 unspecified atom stereocenters. The number of para-hydroxylation sites is 1. The molecule has 0 atom stereocenters. The summed E-state index contributed by atoms with van der Waals surface area (Å²) in [6.45, 7) is 0.615. The summed E-state index contributed by atoms with van der Waals surface area (Å²) in [7, 11) is 0. The quantitative estimate of drug-likeness (QED) is 0.791. The van der Waals surface area contributed by atoms with Crippen LogP contribution in [0.5, 0.6) is 0 Å². The third-order valence-electron chi connectivity index (χ3n) is 3.59. The molecule has 5 heteroatoms. The Labute approximate surface area is 139 Å². The van der Waals surface area contributed by atoms with Crippen molar-refractivity contribution in [2.75, 3.05) is 17.2 Å². The van der Waals surface area contributed by atoms with Crippen LogP contribution in [0.25, 0.3) is 0 Å². The zero-order chi connectivity index (χ0) is 16.1. The summed E-state index contributed by atoms with van der Waals surface area (Å²) in [5.74, 6) is 0.151. The van der Waals surface area contributed by atoms with E-state index in [1.165, 1.54) is 11.8 Å². The molecule has 0 saturated carbocycles. The molecule has 0 fully saturated rings. The molecule has 23 heavy (non-hydrogen) atoms. The first-order valence-corrected chi connectivity index (χ1v) is 8.44. The highest BCUT2D eigenvalue weighted by atomic mass is 32.2. The maximum atomic E-state index is 12.1. The highest BCUT2D eigenvalue weighted by Crippen LogP contribution is 2.34. The van der Waals surface area contributed by atoms with Crippen molar-refractivity contribution in [2.45, 2.75) is 17.9 Å². The number of fused-ring (bicyclic) bond motifs is 1. The van der Waals surface area contributed by atoms with E-state index < -0.39 is 0 Å². The van der Waals surface area contributed by atoms with Gasteiger partial charge in [0.15, 0.2) is 0 Å². The van der Waals surface area contributed by atoms with Gasteiger partial charge in [0.2, 0.25) is 5.91 Å². The fourth-order valence-corrected chi connectivity index (χ4v) is 3.35. The van der Waals surface area contributed by atoms with E-state index in [0.29, 0.717) is 12.3 Å². The van der Waals surface area contributed by atoms with Crippen molar-refractivity contribution in [3.8, 4) is 0 Å². The van der Waals surface area contributed by atoms with E-state index in [9.17, 15) is 9.59 Å². The summed E-state index contributed by atoms with van der Waals surface area (Å²) in [6.07, 6.45) is 0.192. The number of esters is 1. The lowest BCUT2D eigenvalue weighted by molar-refractivity contribution is -0.144. The Hall–Kier alpha value is -2.27. The lowest BCUT2D eigenvalue weighted by Crippen LogP contribution is -2.37. The number of amides is 1. The highest BCUT2D eigenvalue weighted by Gasteiger charge is 2.24. The van der Waals surface area contributed by atoms with Gasteiger partial charge in [-0.1, -0.05) is 42.5 Å². The van der Waals surface area contributed by atoms with E-state index in [2.05, 4.69) is 0 Å². The molecule has 4 nitrogen and oxygen atoms in total. The van der Waals surface area contributed by atoms with Gasteiger partial charge in [-0.15, -0.1) is 11.8 Å². The average molecular weight is 327 g/mol. The third kappa shape index (κ3) is 3.93. The van der Waals surface area contributed by atoms with Crippen molar-refractivity contribution >= 4 is 29.3 Å². The van der Waals surface area contributed by atoms with Gasteiger partial charge in [0.05, 0.1) is 17.9 Å². The number of benzene rings is 2. The van der Waals surface area contributed by atoms with Crippen LogP contribution in [0.3, 0.4) is 0 Å². The zero-order valence-electron chi connectivity index (χ0n) is 12.6. The number of hydrogen-bond donors (Lipinski definition) is 0. The summed E-state index contributed by atoms with van der Waals surface area (Å²) >= 11 is 1.53. The molecule has 1 heterocycles. The summed E-state index contributed by atoms with van der Waals surface area (Å²) in [5, 5.41) is 0. The second-order valence-electron chi connectivity index (χ2n) is 5.20. The summed E-state index contributed by atoms with van der Waals surface area (Å²) in [5.41, 5.74) is 1.83. The van der Waals surface area contributed by atoms with Crippen LogP contribution in [0.4, 0.5) is 5.69 Å². The third-order valence-corrected chi connectivity index (χ3v) is 4.64. The summed E-state index contributed by atoms with van der Waals surface area (Å²) in [4.78, 5) is 26.8. The molecule has 0 bridgehead atoms. The Bertz CT molecular complexity index is 702. The highest BCUT2D eigenvalue weighted by molar-refractivity contribution is 8.00. The molecule has 0 spiro atoms. The molecule has 2 aromatic carbocycles. The van der Waals surface area contributed by atoms with Crippen LogP contribution in [-0.2, 0) is 20.9 Å². The van der Waals surface area contributed by atoms with Gasteiger partial charge in [-0.3, -0.25) is 9.59 Å². The molecule has 118 valence electrons. The van der Waals surface area contributed by atoms with Gasteiger partial charge in [0.25, 0.3) is 0 Å². The lowest BCUT2D eigenvalue weighted by atomic mass is 10.2. The van der Waals surface area contributed by atoms with Crippen molar-refractivity contribution in [3.05, 3.63) is 60.2 Å². The number of hydrogen-bond acceptors (Lipinski definition) is 4. The normalized spacial score (nSPS) is 13.6. The van der Waals surface area contributed by atoms with Gasteiger partial charge >= 0.3 is 5.97 Å². The van der Waals surface area contributed by atoms with Crippen molar-refractivity contribution in [1.82, 2.24) is 0 Å². The number of rotatable bonds is 5. The SMILES string of the molecule is O=C(CCN1C(=O)CSc2ccccc21)OCc1ccccc1. The van der Waals surface area contributed by atoms with E-state index in [1.54, 1.807) is 4.90 Å².